The van der Waals surface area contributed by atoms with Crippen LogP contribution in [0, 0.1) is 24.1 Å². The van der Waals surface area contributed by atoms with Crippen molar-refractivity contribution >= 4 is 0 Å². The lowest BCUT2D eigenvalue weighted by Gasteiger charge is -2.05. The van der Waals surface area contributed by atoms with Crippen molar-refractivity contribution in [2.24, 2.45) is 0 Å². The molecule has 0 aliphatic heterocycles. The molecular weight excluding hydrogens is 247 g/mol. The summed E-state index contributed by atoms with van der Waals surface area (Å²) in [7, 11) is 0. The molecule has 1 heterocycles. The van der Waals surface area contributed by atoms with E-state index in [0.29, 0.717) is 42.4 Å². The highest BCUT2D eigenvalue weighted by atomic mass is 19.1. The maximum absolute atomic E-state index is 13.5. The minimum absolute atomic E-state index is 0.319. The first kappa shape index (κ1) is 13.2. The predicted molar refractivity (Wildman–Crippen MR) is 65.6 cm³/mol. The number of rotatable bonds is 5. The second kappa shape index (κ2) is 6.07. The van der Waals surface area contributed by atoms with Crippen molar-refractivity contribution in [3.63, 3.8) is 0 Å². The first-order chi connectivity index (χ1) is 9.19. The van der Waals surface area contributed by atoms with Crippen LogP contribution in [0.4, 0.5) is 4.39 Å². The van der Waals surface area contributed by atoms with E-state index in [1.807, 2.05) is 6.07 Å². The highest BCUT2D eigenvalue weighted by molar-refractivity contribution is 5.33. The molecule has 98 valence electrons. The molecule has 5 nitrogen and oxygen atoms in total. The zero-order chi connectivity index (χ0) is 13.7. The Morgan fingerprint density at radius 2 is 2.32 bits per heavy atom. The Bertz CT molecular complexity index is 603. The summed E-state index contributed by atoms with van der Waals surface area (Å²) in [4.78, 5) is 4.07. The molecule has 0 saturated carbocycles. The molecule has 0 atom stereocenters. The standard InChI is InChI=1S/C13H13FN4O/c1-9-17-13(19-18-9)4-5-16-8-11-6-10(7-15)2-3-12(11)14/h2-3,6,16H,4-5,8H2,1H3. The molecule has 0 fully saturated rings. The second-order valence-corrected chi connectivity index (χ2v) is 4.08. The molecule has 0 saturated heterocycles. The summed E-state index contributed by atoms with van der Waals surface area (Å²) in [5.41, 5.74) is 0.923. The molecule has 2 aromatic rings. The minimum Gasteiger partial charge on any atom is -0.339 e. The van der Waals surface area contributed by atoms with E-state index in [4.69, 9.17) is 9.78 Å². The van der Waals surface area contributed by atoms with E-state index >= 15 is 0 Å². The lowest BCUT2D eigenvalue weighted by atomic mass is 10.1. The van der Waals surface area contributed by atoms with Crippen molar-refractivity contribution in [1.82, 2.24) is 15.5 Å². The summed E-state index contributed by atoms with van der Waals surface area (Å²) in [5, 5.41) is 15.5. The highest BCUT2D eigenvalue weighted by Crippen LogP contribution is 2.09. The first-order valence-corrected chi connectivity index (χ1v) is 5.87. The van der Waals surface area contributed by atoms with Gasteiger partial charge < -0.3 is 9.84 Å². The number of nitrogens with zero attached hydrogens (tertiary/aromatic N) is 3. The van der Waals surface area contributed by atoms with Crippen LogP contribution in [0.25, 0.3) is 0 Å². The Kier molecular flexibility index (Phi) is 4.21. The van der Waals surface area contributed by atoms with Crippen molar-refractivity contribution in [2.45, 2.75) is 19.9 Å². The molecule has 6 heteroatoms. The number of benzene rings is 1. The monoisotopic (exact) mass is 260 g/mol. The number of hydrogen-bond acceptors (Lipinski definition) is 5. The van der Waals surface area contributed by atoms with Gasteiger partial charge in [-0.2, -0.15) is 10.2 Å². The van der Waals surface area contributed by atoms with Gasteiger partial charge in [0, 0.05) is 25.1 Å². The van der Waals surface area contributed by atoms with Crippen LogP contribution >= 0.6 is 0 Å². The largest absolute Gasteiger partial charge is 0.339 e. The van der Waals surface area contributed by atoms with Crippen LogP contribution in [-0.2, 0) is 13.0 Å². The fourth-order valence-electron chi connectivity index (χ4n) is 1.64. The van der Waals surface area contributed by atoms with E-state index in [1.54, 1.807) is 13.0 Å². The van der Waals surface area contributed by atoms with Gasteiger partial charge in [0.2, 0.25) is 5.89 Å². The van der Waals surface area contributed by atoms with Crippen LogP contribution in [0.3, 0.4) is 0 Å². The Balaban J connectivity index is 1.84. The van der Waals surface area contributed by atoms with Crippen molar-refractivity contribution in [2.75, 3.05) is 6.54 Å². The zero-order valence-corrected chi connectivity index (χ0v) is 10.5. The number of hydrogen-bond donors (Lipinski definition) is 1. The first-order valence-electron chi connectivity index (χ1n) is 5.87. The summed E-state index contributed by atoms with van der Waals surface area (Å²) < 4.78 is 18.4. The van der Waals surface area contributed by atoms with Crippen molar-refractivity contribution in [3.8, 4) is 6.07 Å². The second-order valence-electron chi connectivity index (χ2n) is 4.08. The predicted octanol–water partition coefficient (Wildman–Crippen LogP) is 1.72. The molecule has 1 aromatic heterocycles. The van der Waals surface area contributed by atoms with E-state index < -0.39 is 0 Å². The van der Waals surface area contributed by atoms with Gasteiger partial charge >= 0.3 is 0 Å². The molecule has 0 radical (unpaired) electrons. The van der Waals surface area contributed by atoms with Gasteiger partial charge in [0.05, 0.1) is 11.6 Å². The van der Waals surface area contributed by atoms with Crippen LogP contribution in [0.5, 0.6) is 0 Å². The number of nitriles is 1. The smallest absolute Gasteiger partial charge is 0.227 e. The molecule has 1 aromatic carbocycles. The Morgan fingerprint density at radius 3 is 3.00 bits per heavy atom. The van der Waals surface area contributed by atoms with Gasteiger partial charge in [0.25, 0.3) is 0 Å². The number of halogens is 1. The molecule has 0 amide bonds. The molecular formula is C13H13FN4O. The van der Waals surface area contributed by atoms with Crippen molar-refractivity contribution in [3.05, 3.63) is 46.9 Å². The normalized spacial score (nSPS) is 10.4. The van der Waals surface area contributed by atoms with Crippen LogP contribution in [-0.4, -0.2) is 16.7 Å². The van der Waals surface area contributed by atoms with Gasteiger partial charge in [-0.25, -0.2) is 4.39 Å². The minimum atomic E-state index is -0.319. The molecule has 19 heavy (non-hydrogen) atoms. The van der Waals surface area contributed by atoms with Gasteiger partial charge in [-0.15, -0.1) is 0 Å². The summed E-state index contributed by atoms with van der Waals surface area (Å²) in [5.74, 6) is 0.833. The maximum Gasteiger partial charge on any atom is 0.227 e. The van der Waals surface area contributed by atoms with Crippen LogP contribution in [0.1, 0.15) is 22.8 Å². The molecule has 0 spiro atoms. The Labute approximate surface area is 110 Å². The van der Waals surface area contributed by atoms with Crippen LogP contribution in [0.15, 0.2) is 22.7 Å². The summed E-state index contributed by atoms with van der Waals surface area (Å²) in [6, 6.07) is 6.29. The molecule has 0 bridgehead atoms. The fraction of sp³-hybridized carbons (Fsp3) is 0.308. The Hall–Kier alpha value is -2.26. The van der Waals surface area contributed by atoms with E-state index in [2.05, 4.69) is 15.5 Å². The number of aryl methyl sites for hydroxylation is 1. The van der Waals surface area contributed by atoms with Crippen LogP contribution < -0.4 is 5.32 Å². The van der Waals surface area contributed by atoms with Crippen molar-refractivity contribution in [1.29, 1.82) is 5.26 Å². The van der Waals surface area contributed by atoms with Gasteiger partial charge in [0.1, 0.15) is 5.82 Å². The van der Waals surface area contributed by atoms with Gasteiger partial charge in [-0.3, -0.25) is 0 Å². The van der Waals surface area contributed by atoms with Gasteiger partial charge in [-0.05, 0) is 25.1 Å². The number of aromatic nitrogens is 2. The lowest BCUT2D eigenvalue weighted by molar-refractivity contribution is 0.372. The molecule has 0 aliphatic carbocycles. The third-order valence-corrected chi connectivity index (χ3v) is 2.58. The summed E-state index contributed by atoms with van der Waals surface area (Å²) in [6.45, 7) is 2.70. The van der Waals surface area contributed by atoms with E-state index in [-0.39, 0.29) is 5.82 Å². The maximum atomic E-state index is 13.5. The average molecular weight is 260 g/mol. The SMILES string of the molecule is Cc1noc(CCNCc2cc(C#N)ccc2F)n1. The number of nitrogens with one attached hydrogen (secondary N) is 1. The Morgan fingerprint density at radius 1 is 1.47 bits per heavy atom. The molecule has 1 N–H and O–H groups in total. The van der Waals surface area contributed by atoms with Crippen molar-refractivity contribution < 1.29 is 8.91 Å². The van der Waals surface area contributed by atoms with Gasteiger partial charge in [-0.1, -0.05) is 5.16 Å². The summed E-state index contributed by atoms with van der Waals surface area (Å²) >= 11 is 0. The molecule has 0 aliphatic rings. The van der Waals surface area contributed by atoms with Gasteiger partial charge in [0.15, 0.2) is 5.82 Å². The quantitative estimate of drug-likeness (QED) is 0.828. The van der Waals surface area contributed by atoms with E-state index in [0.717, 1.165) is 0 Å². The van der Waals surface area contributed by atoms with E-state index in [1.165, 1.54) is 12.1 Å². The third kappa shape index (κ3) is 3.60. The molecule has 0 unspecified atom stereocenters. The summed E-state index contributed by atoms with van der Waals surface area (Å²) in [6.07, 6.45) is 0.584. The van der Waals surface area contributed by atoms with Crippen LogP contribution in [0.2, 0.25) is 0 Å². The van der Waals surface area contributed by atoms with E-state index in [9.17, 15) is 4.39 Å². The molecule has 2 rings (SSSR count). The fourth-order valence-corrected chi connectivity index (χ4v) is 1.64. The average Bonchev–Trinajstić information content (AvgIpc) is 2.82. The highest BCUT2D eigenvalue weighted by Gasteiger charge is 2.05. The third-order valence-electron chi connectivity index (χ3n) is 2.58. The lowest BCUT2D eigenvalue weighted by Crippen LogP contribution is -2.17. The zero-order valence-electron chi connectivity index (χ0n) is 10.5. The topological polar surface area (TPSA) is 74.7 Å².